The highest BCUT2D eigenvalue weighted by atomic mass is 16.4. The zero-order valence-electron chi connectivity index (χ0n) is 11.9. The highest BCUT2D eigenvalue weighted by Gasteiger charge is 2.22. The fourth-order valence-corrected chi connectivity index (χ4v) is 2.37. The molecule has 21 heavy (non-hydrogen) atoms. The van der Waals surface area contributed by atoms with Gasteiger partial charge in [-0.05, 0) is 36.1 Å². The summed E-state index contributed by atoms with van der Waals surface area (Å²) in [5.41, 5.74) is 2.21. The first-order chi connectivity index (χ1) is 10.0. The summed E-state index contributed by atoms with van der Waals surface area (Å²) in [6, 6.07) is 4.58. The number of rotatable bonds is 3. The minimum atomic E-state index is -0.960. The zero-order chi connectivity index (χ0) is 15.4. The van der Waals surface area contributed by atoms with Crippen molar-refractivity contribution < 1.29 is 14.7 Å². The van der Waals surface area contributed by atoms with Crippen LogP contribution in [0, 0.1) is 12.3 Å². The van der Waals surface area contributed by atoms with E-state index in [-0.39, 0.29) is 17.6 Å². The van der Waals surface area contributed by atoms with Crippen LogP contribution < -0.4 is 5.32 Å². The Bertz CT molecular complexity index is 604. The number of terminal acetylenes is 1. The van der Waals surface area contributed by atoms with Crippen molar-refractivity contribution in [2.45, 2.75) is 32.4 Å². The summed E-state index contributed by atoms with van der Waals surface area (Å²) in [5.74, 6) is 1.57. The van der Waals surface area contributed by atoms with Gasteiger partial charge in [0.25, 0.3) is 0 Å². The highest BCUT2D eigenvalue weighted by Crippen LogP contribution is 2.20. The molecule has 1 heterocycles. The predicted molar refractivity (Wildman–Crippen MR) is 79.0 cm³/mol. The first kappa shape index (κ1) is 14.9. The van der Waals surface area contributed by atoms with Crippen molar-refractivity contribution in [3.8, 4) is 12.3 Å². The molecular weight excluding hydrogens is 268 g/mol. The zero-order valence-corrected chi connectivity index (χ0v) is 11.9. The fourth-order valence-electron chi connectivity index (χ4n) is 2.37. The Morgan fingerprint density at radius 1 is 1.48 bits per heavy atom. The van der Waals surface area contributed by atoms with Crippen LogP contribution in [0.25, 0.3) is 0 Å². The summed E-state index contributed by atoms with van der Waals surface area (Å²) in [6.07, 6.45) is 6.74. The van der Waals surface area contributed by atoms with Crippen molar-refractivity contribution in [3.05, 3.63) is 34.9 Å². The van der Waals surface area contributed by atoms with Crippen LogP contribution in [-0.2, 0) is 13.0 Å². The maximum absolute atomic E-state index is 12.2. The van der Waals surface area contributed by atoms with Gasteiger partial charge in [-0.3, -0.25) is 0 Å². The quantitative estimate of drug-likeness (QED) is 0.833. The number of urea groups is 1. The lowest BCUT2D eigenvalue weighted by molar-refractivity contribution is 0.0696. The Morgan fingerprint density at radius 3 is 2.86 bits per heavy atom. The molecule has 0 fully saturated rings. The molecule has 1 aliphatic rings. The summed E-state index contributed by atoms with van der Waals surface area (Å²) in [7, 11) is 0. The number of carboxylic acids is 1. The van der Waals surface area contributed by atoms with Crippen molar-refractivity contribution in [2.75, 3.05) is 6.54 Å². The smallest absolute Gasteiger partial charge is 0.335 e. The molecule has 1 atom stereocenters. The van der Waals surface area contributed by atoms with Crippen LogP contribution in [0.15, 0.2) is 18.2 Å². The van der Waals surface area contributed by atoms with Gasteiger partial charge < -0.3 is 15.3 Å². The minimum absolute atomic E-state index is 0.203. The SMILES string of the molecule is C#CC(CC)NC(=O)N1CCc2ccc(C(=O)O)cc2C1. The van der Waals surface area contributed by atoms with Gasteiger partial charge in [0.1, 0.15) is 0 Å². The Balaban J connectivity index is 2.11. The maximum atomic E-state index is 12.2. The number of nitrogens with one attached hydrogen (secondary N) is 1. The molecule has 0 bridgehead atoms. The van der Waals surface area contributed by atoms with E-state index in [0.29, 0.717) is 19.5 Å². The van der Waals surface area contributed by atoms with E-state index in [1.807, 2.05) is 13.0 Å². The second-order valence-corrected chi connectivity index (χ2v) is 5.04. The molecule has 0 saturated carbocycles. The topological polar surface area (TPSA) is 69.6 Å². The number of carbonyl (C=O) groups is 2. The molecule has 1 aromatic rings. The van der Waals surface area contributed by atoms with E-state index in [2.05, 4.69) is 11.2 Å². The summed E-state index contributed by atoms with van der Waals surface area (Å²) in [4.78, 5) is 24.8. The van der Waals surface area contributed by atoms with Crippen molar-refractivity contribution in [3.63, 3.8) is 0 Å². The molecule has 110 valence electrons. The average Bonchev–Trinajstić information content (AvgIpc) is 2.51. The molecule has 5 heteroatoms. The van der Waals surface area contributed by atoms with E-state index in [9.17, 15) is 9.59 Å². The number of hydrogen-bond acceptors (Lipinski definition) is 2. The number of carbonyl (C=O) groups excluding carboxylic acids is 1. The summed E-state index contributed by atoms with van der Waals surface area (Å²) < 4.78 is 0. The van der Waals surface area contributed by atoms with Crippen LogP contribution in [0.1, 0.15) is 34.8 Å². The van der Waals surface area contributed by atoms with Crippen molar-refractivity contribution >= 4 is 12.0 Å². The molecule has 2 rings (SSSR count). The number of fused-ring (bicyclic) bond motifs is 1. The van der Waals surface area contributed by atoms with Gasteiger partial charge in [0.15, 0.2) is 0 Å². The van der Waals surface area contributed by atoms with Crippen molar-refractivity contribution in [1.82, 2.24) is 10.2 Å². The molecule has 1 aromatic carbocycles. The molecular formula is C16H18N2O3. The lowest BCUT2D eigenvalue weighted by Gasteiger charge is -2.30. The standard InChI is InChI=1S/C16H18N2O3/c1-3-14(4-2)17-16(21)18-8-7-11-5-6-12(15(19)20)9-13(11)10-18/h1,5-6,9,14H,4,7-8,10H2,2H3,(H,17,21)(H,19,20). The van der Waals surface area contributed by atoms with Gasteiger partial charge in [-0.15, -0.1) is 6.42 Å². The first-order valence-corrected chi connectivity index (χ1v) is 6.91. The number of nitrogens with zero attached hydrogens (tertiary/aromatic N) is 1. The van der Waals surface area contributed by atoms with E-state index in [1.54, 1.807) is 17.0 Å². The van der Waals surface area contributed by atoms with Gasteiger partial charge >= 0.3 is 12.0 Å². The highest BCUT2D eigenvalue weighted by molar-refractivity contribution is 5.88. The van der Waals surface area contributed by atoms with E-state index in [4.69, 9.17) is 11.5 Å². The van der Waals surface area contributed by atoms with Gasteiger partial charge in [0.05, 0.1) is 11.6 Å². The van der Waals surface area contributed by atoms with Crippen LogP contribution in [0.2, 0.25) is 0 Å². The van der Waals surface area contributed by atoms with E-state index in [0.717, 1.165) is 17.5 Å². The largest absolute Gasteiger partial charge is 0.478 e. The van der Waals surface area contributed by atoms with Gasteiger partial charge in [-0.25, -0.2) is 9.59 Å². The number of amides is 2. The van der Waals surface area contributed by atoms with Crippen molar-refractivity contribution in [2.24, 2.45) is 0 Å². The lowest BCUT2D eigenvalue weighted by Crippen LogP contribution is -2.46. The predicted octanol–water partition coefficient (Wildman–Crippen LogP) is 1.86. The van der Waals surface area contributed by atoms with Gasteiger partial charge in [-0.1, -0.05) is 18.9 Å². The molecule has 0 spiro atoms. The molecule has 0 saturated heterocycles. The third-order valence-corrected chi connectivity index (χ3v) is 3.66. The molecule has 1 unspecified atom stereocenters. The van der Waals surface area contributed by atoms with Gasteiger partial charge in [-0.2, -0.15) is 0 Å². The fraction of sp³-hybridized carbons (Fsp3) is 0.375. The molecule has 0 aromatic heterocycles. The van der Waals surface area contributed by atoms with Crippen LogP contribution in [0.5, 0.6) is 0 Å². The number of benzene rings is 1. The lowest BCUT2D eigenvalue weighted by atomic mass is 9.97. The molecule has 2 amide bonds. The maximum Gasteiger partial charge on any atom is 0.335 e. The Kier molecular flexibility index (Phi) is 4.49. The first-order valence-electron chi connectivity index (χ1n) is 6.91. The van der Waals surface area contributed by atoms with Crippen LogP contribution in [0.4, 0.5) is 4.79 Å². The van der Waals surface area contributed by atoms with Crippen LogP contribution in [-0.4, -0.2) is 34.6 Å². The number of hydrogen-bond donors (Lipinski definition) is 2. The Hall–Kier alpha value is -2.48. The molecule has 0 radical (unpaired) electrons. The van der Waals surface area contributed by atoms with Crippen LogP contribution in [0.3, 0.4) is 0 Å². The Morgan fingerprint density at radius 2 is 2.24 bits per heavy atom. The molecule has 0 aliphatic carbocycles. The monoisotopic (exact) mass is 286 g/mol. The van der Waals surface area contributed by atoms with E-state index in [1.165, 1.54) is 0 Å². The summed E-state index contributed by atoms with van der Waals surface area (Å²) in [6.45, 7) is 2.92. The Labute approximate surface area is 124 Å². The molecule has 1 aliphatic heterocycles. The minimum Gasteiger partial charge on any atom is -0.478 e. The summed E-state index contributed by atoms with van der Waals surface area (Å²) >= 11 is 0. The van der Waals surface area contributed by atoms with Gasteiger partial charge in [0.2, 0.25) is 0 Å². The van der Waals surface area contributed by atoms with Crippen molar-refractivity contribution in [1.29, 1.82) is 0 Å². The van der Waals surface area contributed by atoms with E-state index < -0.39 is 5.97 Å². The summed E-state index contributed by atoms with van der Waals surface area (Å²) in [5, 5.41) is 11.8. The van der Waals surface area contributed by atoms with Gasteiger partial charge in [0, 0.05) is 13.1 Å². The normalized spacial score (nSPS) is 14.8. The number of carboxylic acid groups (broad SMARTS) is 1. The average molecular weight is 286 g/mol. The van der Waals surface area contributed by atoms with Crippen LogP contribution >= 0.6 is 0 Å². The number of aromatic carboxylic acids is 1. The molecule has 5 nitrogen and oxygen atoms in total. The third kappa shape index (κ3) is 3.34. The molecule has 2 N–H and O–H groups in total. The van der Waals surface area contributed by atoms with E-state index >= 15 is 0 Å². The second kappa shape index (κ2) is 6.31. The third-order valence-electron chi connectivity index (χ3n) is 3.66. The second-order valence-electron chi connectivity index (χ2n) is 5.04.